The number of carboxylic acid groups (broad SMARTS) is 1. The second kappa shape index (κ2) is 3.85. The zero-order chi connectivity index (χ0) is 9.02. The molecule has 0 amide bonds. The maximum Gasteiger partial charge on any atom is 0.328 e. The summed E-state index contributed by atoms with van der Waals surface area (Å²) >= 11 is 0. The molecule has 0 radical (unpaired) electrons. The van der Waals surface area contributed by atoms with Crippen molar-refractivity contribution >= 4 is 11.8 Å². The second-order valence-corrected chi connectivity index (χ2v) is 2.20. The Kier molecular flexibility index (Phi) is 3.44. The predicted octanol–water partition coefficient (Wildman–Crippen LogP) is 0.944. The fraction of sp³-hybridized carbons (Fsp3) is 0.429. The molecule has 0 aliphatic carbocycles. The molecule has 0 fully saturated rings. The Morgan fingerprint density at radius 1 is 1.45 bits per heavy atom. The van der Waals surface area contributed by atoms with E-state index in [2.05, 4.69) is 0 Å². The first kappa shape index (κ1) is 9.81. The van der Waals surface area contributed by atoms with Gasteiger partial charge in [-0.15, -0.1) is 0 Å². The summed E-state index contributed by atoms with van der Waals surface area (Å²) in [5, 5.41) is 8.16. The van der Waals surface area contributed by atoms with Gasteiger partial charge in [0.05, 0.1) is 0 Å². The number of rotatable bonds is 3. The van der Waals surface area contributed by atoms with Crippen molar-refractivity contribution in [1.29, 1.82) is 0 Å². The molecule has 0 spiro atoms. The van der Waals surface area contributed by atoms with Crippen LogP contribution in [0.1, 0.15) is 13.8 Å². The molecule has 11 heavy (non-hydrogen) atoms. The highest BCUT2D eigenvalue weighted by Gasteiger charge is 2.14. The Morgan fingerprint density at radius 3 is 2.18 bits per heavy atom. The second-order valence-electron chi connectivity index (χ2n) is 2.20. The van der Waals surface area contributed by atoms with Gasteiger partial charge in [0.25, 0.3) is 0 Å². The predicted molar refractivity (Wildman–Crippen MR) is 37.0 cm³/mol. The summed E-state index contributed by atoms with van der Waals surface area (Å²) in [6, 6.07) is 0. The third kappa shape index (κ3) is 3.50. The van der Waals surface area contributed by atoms with Crippen LogP contribution < -0.4 is 0 Å². The summed E-state index contributed by atoms with van der Waals surface area (Å²) in [6.07, 6.45) is -1.10. The number of carbonyl (C=O) groups is 2. The van der Waals surface area contributed by atoms with Gasteiger partial charge in [-0.3, -0.25) is 4.79 Å². The van der Waals surface area contributed by atoms with Crippen molar-refractivity contribution in [2.45, 2.75) is 20.0 Å². The van der Waals surface area contributed by atoms with Crippen molar-refractivity contribution in [3.05, 3.63) is 11.6 Å². The molecule has 0 aromatic carbocycles. The van der Waals surface area contributed by atoms with E-state index in [1.807, 2.05) is 0 Å². The minimum atomic E-state index is -1.79. The first-order chi connectivity index (χ1) is 4.95. The van der Waals surface area contributed by atoms with Crippen molar-refractivity contribution in [2.24, 2.45) is 0 Å². The number of ketones is 1. The zero-order valence-electron chi connectivity index (χ0n) is 6.30. The van der Waals surface area contributed by atoms with Crippen LogP contribution in [0, 0.1) is 0 Å². The van der Waals surface area contributed by atoms with E-state index >= 15 is 0 Å². The molecule has 62 valence electrons. The average Bonchev–Trinajstić information content (AvgIpc) is 1.84. The highest BCUT2D eigenvalue weighted by Crippen LogP contribution is 2.06. The number of carboxylic acids is 1. The largest absolute Gasteiger partial charge is 0.478 e. The molecule has 1 unspecified atom stereocenters. The Bertz CT molecular complexity index is 208. The van der Waals surface area contributed by atoms with Crippen molar-refractivity contribution in [3.8, 4) is 0 Å². The lowest BCUT2D eigenvalue weighted by Gasteiger charge is -2.01. The number of hydrogen-bond acceptors (Lipinski definition) is 2. The Morgan fingerprint density at radius 2 is 1.91 bits per heavy atom. The summed E-state index contributed by atoms with van der Waals surface area (Å²) in [5.41, 5.74) is -0.0787. The molecule has 4 heteroatoms. The summed E-state index contributed by atoms with van der Waals surface area (Å²) < 4.78 is 12.6. The molecule has 3 nitrogen and oxygen atoms in total. The molecule has 1 atom stereocenters. The van der Waals surface area contributed by atoms with Crippen LogP contribution in [0.5, 0.6) is 0 Å². The van der Waals surface area contributed by atoms with E-state index in [1.165, 1.54) is 6.92 Å². The van der Waals surface area contributed by atoms with E-state index in [0.717, 1.165) is 6.92 Å². The minimum Gasteiger partial charge on any atom is -0.478 e. The summed E-state index contributed by atoms with van der Waals surface area (Å²) in [6.45, 7) is 2.34. The molecule has 0 saturated carbocycles. The van der Waals surface area contributed by atoms with Crippen LogP contribution in [0.2, 0.25) is 0 Å². The van der Waals surface area contributed by atoms with Crippen LogP contribution in [0.4, 0.5) is 4.39 Å². The van der Waals surface area contributed by atoms with Crippen molar-refractivity contribution in [1.82, 2.24) is 0 Å². The Labute approximate surface area is 63.5 Å². The molecule has 0 aliphatic heterocycles. The lowest BCUT2D eigenvalue weighted by Crippen LogP contribution is -2.13. The van der Waals surface area contributed by atoms with Gasteiger partial charge in [0.15, 0.2) is 12.0 Å². The molecule has 0 rings (SSSR count). The summed E-state index contributed by atoms with van der Waals surface area (Å²) in [4.78, 5) is 20.3. The molecular formula is C7H9FO3. The molecular weight excluding hydrogens is 151 g/mol. The zero-order valence-corrected chi connectivity index (χ0v) is 6.30. The molecule has 0 aromatic heterocycles. The fourth-order valence-electron chi connectivity index (χ4n) is 0.589. The first-order valence-corrected chi connectivity index (χ1v) is 3.00. The number of Topliss-reactive ketones (excluding diaryl/α,β-unsaturated/α-hetero) is 1. The van der Waals surface area contributed by atoms with Gasteiger partial charge in [0.1, 0.15) is 0 Å². The molecule has 1 N–H and O–H groups in total. The first-order valence-electron chi connectivity index (χ1n) is 3.00. The topological polar surface area (TPSA) is 54.4 Å². The van der Waals surface area contributed by atoms with E-state index in [1.54, 1.807) is 0 Å². The normalized spacial score (nSPS) is 14.3. The molecule has 0 aliphatic rings. The number of carbonyl (C=O) groups excluding carboxylic acids is 1. The number of halogens is 1. The third-order valence-electron chi connectivity index (χ3n) is 1.11. The van der Waals surface area contributed by atoms with Gasteiger partial charge in [0.2, 0.25) is 0 Å². The van der Waals surface area contributed by atoms with E-state index in [4.69, 9.17) is 5.11 Å². The van der Waals surface area contributed by atoms with Crippen LogP contribution in [-0.4, -0.2) is 23.0 Å². The number of aliphatic carboxylic acids is 1. The fourth-order valence-corrected chi connectivity index (χ4v) is 0.589. The maximum absolute atomic E-state index is 12.6. The highest BCUT2D eigenvalue weighted by molar-refractivity contribution is 5.87. The molecule has 0 saturated heterocycles. The van der Waals surface area contributed by atoms with Gasteiger partial charge in [-0.2, -0.15) is 0 Å². The lowest BCUT2D eigenvalue weighted by molar-refractivity contribution is -0.131. The van der Waals surface area contributed by atoms with Crippen LogP contribution in [0.25, 0.3) is 0 Å². The number of allylic oxidation sites excluding steroid dienone is 1. The van der Waals surface area contributed by atoms with Crippen LogP contribution in [0.3, 0.4) is 0 Å². The summed E-state index contributed by atoms with van der Waals surface area (Å²) in [5.74, 6) is -1.92. The third-order valence-corrected chi connectivity index (χ3v) is 1.11. The van der Waals surface area contributed by atoms with Crippen molar-refractivity contribution in [3.63, 3.8) is 0 Å². The lowest BCUT2D eigenvalue weighted by atomic mass is 10.1. The summed E-state index contributed by atoms with van der Waals surface area (Å²) in [7, 11) is 0. The standard InChI is InChI=1S/C7H9FO3/c1-4(3-6(10)11)7(8)5(2)9/h3,7H,1-2H3,(H,10,11). The molecule has 0 bridgehead atoms. The van der Waals surface area contributed by atoms with Gasteiger partial charge in [-0.05, 0) is 19.4 Å². The number of hydrogen-bond donors (Lipinski definition) is 1. The highest BCUT2D eigenvalue weighted by atomic mass is 19.1. The van der Waals surface area contributed by atoms with E-state index in [9.17, 15) is 14.0 Å². The van der Waals surface area contributed by atoms with E-state index in [-0.39, 0.29) is 5.57 Å². The smallest absolute Gasteiger partial charge is 0.328 e. The van der Waals surface area contributed by atoms with Gasteiger partial charge in [-0.25, -0.2) is 9.18 Å². The van der Waals surface area contributed by atoms with E-state index < -0.39 is 17.9 Å². The van der Waals surface area contributed by atoms with E-state index in [0.29, 0.717) is 6.08 Å². The van der Waals surface area contributed by atoms with Gasteiger partial charge in [0, 0.05) is 6.08 Å². The average molecular weight is 160 g/mol. The SMILES string of the molecule is CC(=O)C(F)C(C)=CC(=O)O. The number of alkyl halides is 1. The van der Waals surface area contributed by atoms with Gasteiger partial charge in [-0.1, -0.05) is 0 Å². The quantitative estimate of drug-likeness (QED) is 0.625. The Balaban J connectivity index is 4.35. The van der Waals surface area contributed by atoms with Gasteiger partial charge < -0.3 is 5.11 Å². The Hall–Kier alpha value is -1.19. The van der Waals surface area contributed by atoms with Crippen LogP contribution >= 0.6 is 0 Å². The van der Waals surface area contributed by atoms with Crippen molar-refractivity contribution in [2.75, 3.05) is 0 Å². The minimum absolute atomic E-state index is 0.0787. The molecule has 0 aromatic rings. The monoisotopic (exact) mass is 160 g/mol. The van der Waals surface area contributed by atoms with Crippen LogP contribution in [-0.2, 0) is 9.59 Å². The molecule has 0 heterocycles. The maximum atomic E-state index is 12.6. The van der Waals surface area contributed by atoms with Crippen LogP contribution in [0.15, 0.2) is 11.6 Å². The van der Waals surface area contributed by atoms with Crippen molar-refractivity contribution < 1.29 is 19.1 Å². The van der Waals surface area contributed by atoms with Gasteiger partial charge >= 0.3 is 5.97 Å².